The van der Waals surface area contributed by atoms with E-state index < -0.39 is 0 Å². The van der Waals surface area contributed by atoms with E-state index in [1.807, 2.05) is 107 Å². The number of H-pyrrole nitrogens is 2. The summed E-state index contributed by atoms with van der Waals surface area (Å²) in [4.78, 5) is 18.2. The molecule has 0 fully saturated rings. The number of nitrogens with one attached hydrogen (secondary N) is 2. The van der Waals surface area contributed by atoms with Gasteiger partial charge in [-0.15, -0.1) is 0 Å². The fourth-order valence-corrected chi connectivity index (χ4v) is 13.2. The first-order chi connectivity index (χ1) is 33.7. The van der Waals surface area contributed by atoms with Crippen molar-refractivity contribution in [1.29, 1.82) is 0 Å². The van der Waals surface area contributed by atoms with E-state index in [4.69, 9.17) is 149 Å². The van der Waals surface area contributed by atoms with Crippen molar-refractivity contribution < 1.29 is 0 Å². The van der Waals surface area contributed by atoms with E-state index in [0.29, 0.717) is 86.7 Å². The van der Waals surface area contributed by atoms with Crippen LogP contribution in [0.1, 0.15) is 89.5 Å². The number of aromatic amines is 2. The van der Waals surface area contributed by atoms with Gasteiger partial charge in [0.2, 0.25) is 0 Å². The van der Waals surface area contributed by atoms with Crippen molar-refractivity contribution in [2.24, 2.45) is 0 Å². The molecule has 0 saturated carbocycles. The first-order valence-corrected chi connectivity index (χ1v) is 27.0. The van der Waals surface area contributed by atoms with Gasteiger partial charge in [0.15, 0.2) is 0 Å². The Hall–Kier alpha value is -3.04. The Morgan fingerprint density at radius 2 is 0.431 bits per heavy atom. The number of hydrogen-bond donors (Lipinski definition) is 2. The van der Waals surface area contributed by atoms with Gasteiger partial charge >= 0.3 is 0 Å². The van der Waals surface area contributed by atoms with E-state index in [1.165, 1.54) is 0 Å². The van der Waals surface area contributed by atoms with Gasteiger partial charge in [-0.3, -0.25) is 0 Å². The van der Waals surface area contributed by atoms with Gasteiger partial charge in [0, 0.05) is 42.3 Å². The lowest BCUT2D eigenvalue weighted by molar-refractivity contribution is 1.26. The Morgan fingerprint density at radius 3 is 0.611 bits per heavy atom. The van der Waals surface area contributed by atoms with Crippen LogP contribution in [-0.2, 0) is 0 Å². The molecule has 0 atom stereocenters. The third-order valence-corrected chi connectivity index (χ3v) is 19.6. The number of fused-ring (bicyclic) bond motifs is 8. The third kappa shape index (κ3) is 8.16. The summed E-state index contributed by atoms with van der Waals surface area (Å²) in [5.74, 6) is 0. The van der Waals surface area contributed by atoms with Crippen molar-refractivity contribution in [2.75, 3.05) is 0 Å². The highest BCUT2D eigenvalue weighted by atomic mass is 35.5. The average molecular weight is 1200 g/mol. The summed E-state index contributed by atoms with van der Waals surface area (Å²) < 4.78 is 0. The fourth-order valence-electron chi connectivity index (χ4n) is 10.7. The lowest BCUT2D eigenvalue weighted by Crippen LogP contribution is -1.98. The van der Waals surface area contributed by atoms with Crippen molar-refractivity contribution in [3.05, 3.63) is 154 Å². The first-order valence-electron chi connectivity index (χ1n) is 22.5. The molecule has 72 heavy (non-hydrogen) atoms. The zero-order valence-electron chi connectivity index (χ0n) is 40.7. The van der Waals surface area contributed by atoms with Crippen LogP contribution in [0.25, 0.3) is 86.7 Å². The standard InChI is InChI=1S/C56H42Cl12N4/c1-17-13-21(5)37(57)25(9)29(17)33-49-41(61)43(63)51(69-49)34(30-18(2)14-22(6)38(58)26(30)10)53-45(65)47(67)55(71-53)36(32-20(4)16-24(8)40(60)28(32)12)56-48(68)46(66)54(72-56)35(52-44(64)42(62)50(33)70-52)31-19(3)15-23(7)39(59)27(31)11/h13-16,69,72H,1-12H3. The number of aromatic nitrogens is 4. The van der Waals surface area contributed by atoms with Crippen LogP contribution in [0, 0.1) is 83.1 Å². The van der Waals surface area contributed by atoms with Crippen LogP contribution in [0.15, 0.2) is 24.3 Å². The fraction of sp³-hybridized carbons (Fsp3) is 0.214. The molecule has 0 saturated heterocycles. The molecule has 9 rings (SSSR count). The molecule has 4 nitrogen and oxygen atoms in total. The van der Waals surface area contributed by atoms with E-state index in [1.54, 1.807) is 0 Å². The normalized spacial score (nSPS) is 12.9. The number of hydrogen-bond acceptors (Lipinski definition) is 2. The molecule has 0 spiro atoms. The van der Waals surface area contributed by atoms with Gasteiger partial charge in [-0.25, -0.2) is 9.97 Å². The summed E-state index contributed by atoms with van der Waals surface area (Å²) in [6, 6.07) is 7.96. The second-order valence-corrected chi connectivity index (χ2v) is 23.2. The molecule has 5 heterocycles. The molecule has 0 amide bonds. The lowest BCUT2D eigenvalue weighted by Gasteiger charge is -2.17. The minimum Gasteiger partial charge on any atom is -0.352 e. The number of rotatable bonds is 4. The third-order valence-electron chi connectivity index (χ3n) is 13.9. The van der Waals surface area contributed by atoms with Crippen LogP contribution in [0.3, 0.4) is 0 Å². The van der Waals surface area contributed by atoms with E-state index in [2.05, 4.69) is 9.97 Å². The van der Waals surface area contributed by atoms with Gasteiger partial charge in [0.05, 0.1) is 85.1 Å². The van der Waals surface area contributed by atoms with Crippen molar-refractivity contribution in [1.82, 2.24) is 19.9 Å². The minimum absolute atomic E-state index is 0.107. The molecule has 16 heteroatoms. The maximum Gasteiger partial charge on any atom is 0.0940 e. The molecule has 8 bridgehead atoms. The maximum atomic E-state index is 7.63. The highest BCUT2D eigenvalue weighted by Crippen LogP contribution is 2.55. The van der Waals surface area contributed by atoms with Crippen LogP contribution in [0.2, 0.25) is 40.2 Å². The summed E-state index contributed by atoms with van der Waals surface area (Å²) in [7, 11) is 0. The molecule has 370 valence electrons. The second-order valence-electron chi connectivity index (χ2n) is 18.7. The molecular formula is C56H42Cl12N4. The minimum atomic E-state index is 0.107. The topological polar surface area (TPSA) is 57.4 Å². The van der Waals surface area contributed by atoms with Gasteiger partial charge in [-0.1, -0.05) is 163 Å². The molecule has 4 aromatic carbocycles. The highest BCUT2D eigenvalue weighted by Gasteiger charge is 2.35. The van der Waals surface area contributed by atoms with Crippen molar-refractivity contribution in [2.45, 2.75) is 83.1 Å². The number of aryl methyl sites for hydroxylation is 8. The van der Waals surface area contributed by atoms with E-state index >= 15 is 0 Å². The van der Waals surface area contributed by atoms with Crippen LogP contribution in [0.5, 0.6) is 0 Å². The van der Waals surface area contributed by atoms with Gasteiger partial charge in [-0.2, -0.15) is 0 Å². The SMILES string of the molecule is Cc1cc(C)c(-c2c3nc(c(-c4c(C)cc(C)c(Cl)c4C)c4[nH]c(c(Cl)c4Cl)c(-c4c(C)cc(C)c(Cl)c4C)c4nc(c(-c5c(C)cc(C)c(Cl)c5C)c5[nH]c2c(Cl)c5Cl)C(Cl)=C4Cl)C(Cl)=C3Cl)c(C)c1Cl. The van der Waals surface area contributed by atoms with Gasteiger partial charge in [0.1, 0.15) is 0 Å². The Balaban J connectivity index is 1.72. The van der Waals surface area contributed by atoms with Crippen LogP contribution < -0.4 is 0 Å². The van der Waals surface area contributed by atoms with Crippen LogP contribution in [-0.4, -0.2) is 19.9 Å². The Labute approximate surface area is 478 Å². The smallest absolute Gasteiger partial charge is 0.0940 e. The van der Waals surface area contributed by atoms with Crippen molar-refractivity contribution >= 4 is 181 Å². The van der Waals surface area contributed by atoms with Crippen LogP contribution in [0.4, 0.5) is 0 Å². The molecule has 0 radical (unpaired) electrons. The molecule has 0 unspecified atom stereocenters. The Morgan fingerprint density at radius 1 is 0.250 bits per heavy atom. The summed E-state index contributed by atoms with van der Waals surface area (Å²) in [6.07, 6.45) is 0. The van der Waals surface area contributed by atoms with E-state index in [9.17, 15) is 0 Å². The Bertz CT molecular complexity index is 3420. The average Bonchev–Trinajstić information content (AvgIpc) is 3.98. The predicted octanol–water partition coefficient (Wildman–Crippen LogP) is 22.5. The zero-order valence-corrected chi connectivity index (χ0v) is 49.8. The molecule has 0 aliphatic carbocycles. The van der Waals surface area contributed by atoms with Crippen molar-refractivity contribution in [3.63, 3.8) is 0 Å². The summed E-state index contributed by atoms with van der Waals surface area (Å²) >= 11 is 89.6. The monoisotopic (exact) mass is 1190 g/mol. The first kappa shape index (κ1) is 53.8. The largest absolute Gasteiger partial charge is 0.352 e. The maximum absolute atomic E-state index is 7.63. The van der Waals surface area contributed by atoms with E-state index in [0.717, 1.165) is 66.8 Å². The summed E-state index contributed by atoms with van der Waals surface area (Å²) in [5.41, 5.74) is 16.7. The van der Waals surface area contributed by atoms with Gasteiger partial charge < -0.3 is 9.97 Å². The van der Waals surface area contributed by atoms with Gasteiger partial charge in [0.25, 0.3) is 0 Å². The quantitative estimate of drug-likeness (QED) is 0.185. The lowest BCUT2D eigenvalue weighted by atomic mass is 9.92. The Kier molecular flexibility index (Phi) is 14.6. The van der Waals surface area contributed by atoms with Crippen molar-refractivity contribution in [3.8, 4) is 44.5 Å². The second kappa shape index (κ2) is 19.5. The molecule has 2 N–H and O–H groups in total. The summed E-state index contributed by atoms with van der Waals surface area (Å²) in [5, 5.41) is 3.08. The number of halogens is 12. The highest BCUT2D eigenvalue weighted by molar-refractivity contribution is 6.67. The zero-order chi connectivity index (χ0) is 52.8. The number of benzene rings is 4. The van der Waals surface area contributed by atoms with Crippen LogP contribution >= 0.6 is 139 Å². The van der Waals surface area contributed by atoms with E-state index in [-0.39, 0.29) is 63.0 Å². The number of nitrogens with zero attached hydrogens (tertiary/aromatic N) is 2. The van der Waals surface area contributed by atoms with Gasteiger partial charge in [-0.05, 0) is 172 Å². The molecule has 2 aliphatic heterocycles. The predicted molar refractivity (Wildman–Crippen MR) is 317 cm³/mol. The molecule has 7 aromatic rings. The molecular weight excluding hydrogens is 1150 g/mol. The molecule has 3 aromatic heterocycles. The summed E-state index contributed by atoms with van der Waals surface area (Å²) in [6.45, 7) is 23.4. The molecule has 2 aliphatic rings.